The van der Waals surface area contributed by atoms with E-state index in [1.54, 1.807) is 18.3 Å². The molecule has 0 aliphatic heterocycles. The smallest absolute Gasteiger partial charge is 0.378 e. The Balaban J connectivity index is 1.65. The van der Waals surface area contributed by atoms with Crippen LogP contribution in [0.1, 0.15) is 68.0 Å². The van der Waals surface area contributed by atoms with Crippen LogP contribution in [0.25, 0.3) is 0 Å². The molecule has 1 aromatic rings. The summed E-state index contributed by atoms with van der Waals surface area (Å²) < 4.78 is 21.2. The van der Waals surface area contributed by atoms with E-state index in [1.807, 2.05) is 12.1 Å². The van der Waals surface area contributed by atoms with E-state index in [2.05, 4.69) is 16.4 Å². The number of thiophene rings is 1. The van der Waals surface area contributed by atoms with Gasteiger partial charge in [0, 0.05) is 23.4 Å². The van der Waals surface area contributed by atoms with Crippen LogP contribution in [0.2, 0.25) is 0 Å². The highest BCUT2D eigenvalue weighted by atomic mass is 32.1. The van der Waals surface area contributed by atoms with Crippen molar-refractivity contribution in [1.29, 1.82) is 0 Å². The monoisotopic (exact) mass is 429 g/mol. The predicted molar refractivity (Wildman–Crippen MR) is 112 cm³/mol. The molecule has 1 atom stereocenters. The van der Waals surface area contributed by atoms with Gasteiger partial charge in [-0.2, -0.15) is 0 Å². The van der Waals surface area contributed by atoms with Gasteiger partial charge in [0.2, 0.25) is 0 Å². The second kappa shape index (κ2) is 11.5. The summed E-state index contributed by atoms with van der Waals surface area (Å²) in [5, 5.41) is 0. The molecule has 0 radical (unpaired) electrons. The number of rotatable bonds is 10. The van der Waals surface area contributed by atoms with E-state index in [9.17, 15) is 4.57 Å². The average molecular weight is 430 g/mol. The second-order valence-corrected chi connectivity index (χ2v) is 10.1. The van der Waals surface area contributed by atoms with Gasteiger partial charge >= 0.3 is 7.82 Å². The van der Waals surface area contributed by atoms with Crippen molar-refractivity contribution in [1.82, 2.24) is 0 Å². The molecule has 158 valence electrons. The fourth-order valence-corrected chi connectivity index (χ4v) is 4.43. The number of hydrogen-bond acceptors (Lipinski definition) is 5. The highest BCUT2D eigenvalue weighted by Crippen LogP contribution is 2.37. The molecule has 1 saturated carbocycles. The molecule has 0 spiro atoms. The van der Waals surface area contributed by atoms with Crippen LogP contribution in [0, 0.1) is 11.8 Å². The van der Waals surface area contributed by atoms with E-state index in [0.717, 1.165) is 35.6 Å². The maximum atomic E-state index is 10.8. The van der Waals surface area contributed by atoms with Crippen molar-refractivity contribution in [3.63, 3.8) is 0 Å². The largest absolute Gasteiger partial charge is 0.469 e. The fraction of sp³-hybridized carbons (Fsp3) is 0.700. The molecule has 1 fully saturated rings. The van der Waals surface area contributed by atoms with Crippen molar-refractivity contribution >= 4 is 19.2 Å². The van der Waals surface area contributed by atoms with E-state index >= 15 is 0 Å². The molecule has 0 aromatic carbocycles. The number of aryl methyl sites for hydroxylation is 1. The van der Waals surface area contributed by atoms with Gasteiger partial charge < -0.3 is 20.3 Å². The normalized spacial score (nSPS) is 17.7. The number of nitrogens with two attached hydrogens (primary N) is 1. The zero-order chi connectivity index (χ0) is 20.5. The number of phosphoric acid groups is 1. The molecule has 1 heterocycles. The number of hydrogen-bond donors (Lipinski definition) is 3. The molecule has 4 N–H and O–H groups in total. The maximum absolute atomic E-state index is 10.8. The molecule has 0 saturated heterocycles. The first kappa shape index (κ1) is 23.6. The highest BCUT2D eigenvalue weighted by Gasteiger charge is 2.24. The fourth-order valence-electron chi connectivity index (χ4n) is 3.08. The molecule has 1 aromatic heterocycles. The summed E-state index contributed by atoms with van der Waals surface area (Å²) in [5.41, 5.74) is 5.26. The Morgan fingerprint density at radius 3 is 2.79 bits per heavy atom. The summed E-state index contributed by atoms with van der Waals surface area (Å²) >= 11 is 1.63. The molecular weight excluding hydrogens is 397 g/mol. The van der Waals surface area contributed by atoms with Crippen molar-refractivity contribution in [2.75, 3.05) is 13.2 Å². The van der Waals surface area contributed by atoms with Crippen molar-refractivity contribution in [3.8, 4) is 11.8 Å². The standard InChI is InChI=1S/C20H32NO5PS/c1-20(21,16-26-27(22,23)24)14-13-19-12-11-18(28-19)10-6-3-7-15-25-17-8-4-2-5-9-17/h11-12,17H,2-5,7-9,13-16,21H2,1H3,(H2,22,23,24). The van der Waals surface area contributed by atoms with Crippen LogP contribution < -0.4 is 5.73 Å². The quantitative estimate of drug-likeness (QED) is 0.295. The van der Waals surface area contributed by atoms with Crippen molar-refractivity contribution in [3.05, 3.63) is 21.9 Å². The summed E-state index contributed by atoms with van der Waals surface area (Å²) in [6, 6.07) is 4.03. The molecular formula is C20H32NO5PS. The second-order valence-electron chi connectivity index (χ2n) is 7.72. The molecule has 6 nitrogen and oxygen atoms in total. The van der Waals surface area contributed by atoms with Crippen LogP contribution >= 0.6 is 19.2 Å². The van der Waals surface area contributed by atoms with Gasteiger partial charge in [-0.3, -0.25) is 4.52 Å². The Kier molecular flexibility index (Phi) is 9.65. The van der Waals surface area contributed by atoms with Crippen LogP contribution in [0.5, 0.6) is 0 Å². The maximum Gasteiger partial charge on any atom is 0.469 e. The lowest BCUT2D eigenvalue weighted by Crippen LogP contribution is -2.41. The molecule has 1 aliphatic rings. The first-order valence-corrected chi connectivity index (χ1v) is 12.3. The Hall–Kier alpha value is -0.710. The molecule has 0 amide bonds. The molecule has 2 rings (SSSR count). The Morgan fingerprint density at radius 1 is 1.32 bits per heavy atom. The van der Waals surface area contributed by atoms with Crippen molar-refractivity contribution < 1.29 is 23.6 Å². The summed E-state index contributed by atoms with van der Waals surface area (Å²) in [4.78, 5) is 19.7. The topological polar surface area (TPSA) is 102 Å². The lowest BCUT2D eigenvalue weighted by molar-refractivity contribution is 0.0277. The third-order valence-electron chi connectivity index (χ3n) is 4.73. The minimum absolute atomic E-state index is 0.182. The minimum atomic E-state index is -4.49. The molecule has 28 heavy (non-hydrogen) atoms. The first-order chi connectivity index (χ1) is 13.2. The van der Waals surface area contributed by atoms with Crippen LogP contribution in [-0.2, 0) is 20.2 Å². The number of ether oxygens (including phenoxy) is 1. The average Bonchev–Trinajstić information content (AvgIpc) is 3.10. The van der Waals surface area contributed by atoms with Gasteiger partial charge in [0.15, 0.2) is 0 Å². The SMILES string of the molecule is CC(N)(CCc1ccc(C#CCCCOC2CCCCC2)s1)COP(=O)(O)O. The van der Waals surface area contributed by atoms with Crippen LogP contribution in [-0.4, -0.2) is 34.6 Å². The van der Waals surface area contributed by atoms with Gasteiger partial charge in [0.05, 0.1) is 17.6 Å². The first-order valence-electron chi connectivity index (χ1n) is 9.92. The van der Waals surface area contributed by atoms with Gasteiger partial charge in [-0.1, -0.05) is 31.1 Å². The summed E-state index contributed by atoms with van der Waals surface area (Å²) in [6.07, 6.45) is 9.90. The van der Waals surface area contributed by atoms with E-state index in [0.29, 0.717) is 12.5 Å². The molecule has 8 heteroatoms. The van der Waals surface area contributed by atoms with Gasteiger partial charge in [-0.15, -0.1) is 11.3 Å². The molecule has 1 aliphatic carbocycles. The molecule has 1 unspecified atom stereocenters. The summed E-state index contributed by atoms with van der Waals surface area (Å²) in [6.45, 7) is 2.34. The predicted octanol–water partition coefficient (Wildman–Crippen LogP) is 3.99. The van der Waals surface area contributed by atoms with Crippen LogP contribution in [0.3, 0.4) is 0 Å². The van der Waals surface area contributed by atoms with Gasteiger partial charge in [-0.25, -0.2) is 4.57 Å². The lowest BCUT2D eigenvalue weighted by Gasteiger charge is -2.24. The molecule has 0 bridgehead atoms. The van der Waals surface area contributed by atoms with E-state index in [4.69, 9.17) is 20.3 Å². The van der Waals surface area contributed by atoms with E-state index in [1.165, 1.54) is 32.1 Å². The Labute approximate surface area is 172 Å². The van der Waals surface area contributed by atoms with E-state index < -0.39 is 13.4 Å². The summed E-state index contributed by atoms with van der Waals surface area (Å²) in [7, 11) is -4.49. The van der Waals surface area contributed by atoms with Gasteiger partial charge in [-0.05, 0) is 51.2 Å². The van der Waals surface area contributed by atoms with E-state index in [-0.39, 0.29) is 6.61 Å². The lowest BCUT2D eigenvalue weighted by atomic mass is 9.98. The Morgan fingerprint density at radius 2 is 2.07 bits per heavy atom. The van der Waals surface area contributed by atoms with Gasteiger partial charge in [0.1, 0.15) is 0 Å². The third-order valence-corrected chi connectivity index (χ3v) is 6.26. The van der Waals surface area contributed by atoms with Gasteiger partial charge in [0.25, 0.3) is 0 Å². The highest BCUT2D eigenvalue weighted by molar-refractivity contribution is 7.46. The number of unbranched alkanes of at least 4 members (excludes halogenated alkanes) is 1. The zero-order valence-corrected chi connectivity index (χ0v) is 18.3. The summed E-state index contributed by atoms with van der Waals surface area (Å²) in [5.74, 6) is 6.41. The van der Waals surface area contributed by atoms with Crippen molar-refractivity contribution in [2.24, 2.45) is 5.73 Å². The van der Waals surface area contributed by atoms with Crippen molar-refractivity contribution in [2.45, 2.75) is 76.4 Å². The minimum Gasteiger partial charge on any atom is -0.378 e. The van der Waals surface area contributed by atoms with Crippen LogP contribution in [0.4, 0.5) is 0 Å². The zero-order valence-electron chi connectivity index (χ0n) is 16.6. The van der Waals surface area contributed by atoms with Crippen LogP contribution in [0.15, 0.2) is 12.1 Å². The Bertz CT molecular complexity index is 697. The number of phosphoric ester groups is 1. The third kappa shape index (κ3) is 10.2.